The Labute approximate surface area is 115 Å². The summed E-state index contributed by atoms with van der Waals surface area (Å²) >= 11 is 0. The molecule has 1 fully saturated rings. The van der Waals surface area contributed by atoms with Crippen molar-refractivity contribution in [3.8, 4) is 0 Å². The number of hydrogen-bond donors (Lipinski definition) is 1. The fourth-order valence-electron chi connectivity index (χ4n) is 2.53. The maximum absolute atomic E-state index is 12.2. The number of carbonyl (C=O) groups excluding carboxylic acids is 1. The van der Waals surface area contributed by atoms with E-state index in [1.54, 1.807) is 6.20 Å². The molecule has 19 heavy (non-hydrogen) atoms. The lowest BCUT2D eigenvalue weighted by atomic mass is 9.79. The first kappa shape index (κ1) is 14.0. The molecule has 1 aromatic heterocycles. The van der Waals surface area contributed by atoms with Crippen LogP contribution in [0.1, 0.15) is 32.4 Å². The van der Waals surface area contributed by atoms with Crippen molar-refractivity contribution in [1.29, 1.82) is 0 Å². The van der Waals surface area contributed by atoms with Gasteiger partial charge in [0.05, 0.1) is 0 Å². The third-order valence-electron chi connectivity index (χ3n) is 3.99. The Morgan fingerprint density at radius 2 is 2.32 bits per heavy atom. The van der Waals surface area contributed by atoms with Crippen molar-refractivity contribution in [3.63, 3.8) is 0 Å². The lowest BCUT2D eigenvalue weighted by Gasteiger charge is -2.42. The summed E-state index contributed by atoms with van der Waals surface area (Å²) in [6.07, 6.45) is 3.90. The predicted octanol–water partition coefficient (Wildman–Crippen LogP) is 1.60. The molecule has 4 heteroatoms. The van der Waals surface area contributed by atoms with Crippen molar-refractivity contribution < 1.29 is 4.79 Å². The molecule has 1 aliphatic heterocycles. The van der Waals surface area contributed by atoms with Gasteiger partial charge in [0.25, 0.3) is 0 Å². The molecule has 1 aromatic rings. The van der Waals surface area contributed by atoms with E-state index < -0.39 is 0 Å². The van der Waals surface area contributed by atoms with Crippen LogP contribution in [0.25, 0.3) is 0 Å². The summed E-state index contributed by atoms with van der Waals surface area (Å²) in [4.78, 5) is 18.4. The molecular weight excluding hydrogens is 238 g/mol. The molecule has 0 aromatic carbocycles. The average Bonchev–Trinajstić information content (AvgIpc) is 2.40. The van der Waals surface area contributed by atoms with E-state index in [-0.39, 0.29) is 17.4 Å². The van der Waals surface area contributed by atoms with Crippen LogP contribution >= 0.6 is 0 Å². The minimum atomic E-state index is 0.0128. The van der Waals surface area contributed by atoms with Gasteiger partial charge in [0.15, 0.2) is 0 Å². The summed E-state index contributed by atoms with van der Waals surface area (Å²) in [5, 5.41) is 0. The highest BCUT2D eigenvalue weighted by Crippen LogP contribution is 2.28. The molecule has 4 nitrogen and oxygen atoms in total. The van der Waals surface area contributed by atoms with Crippen LogP contribution in [0.5, 0.6) is 0 Å². The van der Waals surface area contributed by atoms with Crippen LogP contribution in [-0.2, 0) is 11.2 Å². The number of nitrogens with zero attached hydrogens (tertiary/aromatic N) is 2. The van der Waals surface area contributed by atoms with Gasteiger partial charge in [-0.05, 0) is 30.4 Å². The summed E-state index contributed by atoms with van der Waals surface area (Å²) in [5.74, 6) is 0.214. The van der Waals surface area contributed by atoms with Crippen LogP contribution in [0.2, 0.25) is 0 Å². The van der Waals surface area contributed by atoms with E-state index in [0.29, 0.717) is 12.8 Å². The molecule has 104 valence electrons. The molecular formula is C15H23N3O. The lowest BCUT2D eigenvalue weighted by molar-refractivity contribution is -0.134. The highest BCUT2D eigenvalue weighted by molar-refractivity contribution is 5.76. The normalized spacial score (nSPS) is 22.3. The fourth-order valence-corrected chi connectivity index (χ4v) is 2.53. The second kappa shape index (κ2) is 5.70. The Hall–Kier alpha value is -1.42. The smallest absolute Gasteiger partial charge is 0.222 e. The van der Waals surface area contributed by atoms with E-state index in [4.69, 9.17) is 5.73 Å². The van der Waals surface area contributed by atoms with Gasteiger partial charge < -0.3 is 10.6 Å². The van der Waals surface area contributed by atoms with Gasteiger partial charge in [-0.25, -0.2) is 0 Å². The van der Waals surface area contributed by atoms with Gasteiger partial charge in [-0.15, -0.1) is 0 Å². The second-order valence-corrected chi connectivity index (χ2v) is 6.02. The quantitative estimate of drug-likeness (QED) is 0.899. The first-order valence-electron chi connectivity index (χ1n) is 6.92. The number of nitrogens with two attached hydrogens (primary N) is 1. The van der Waals surface area contributed by atoms with Gasteiger partial charge in [-0.1, -0.05) is 19.9 Å². The van der Waals surface area contributed by atoms with E-state index in [1.807, 2.05) is 23.1 Å². The number of likely N-dealkylation sites (tertiary alicyclic amines) is 1. The van der Waals surface area contributed by atoms with Crippen LogP contribution in [-0.4, -0.2) is 34.9 Å². The Morgan fingerprint density at radius 3 is 2.95 bits per heavy atom. The summed E-state index contributed by atoms with van der Waals surface area (Å²) in [5.41, 5.74) is 7.08. The number of aryl methyl sites for hydroxylation is 1. The first-order chi connectivity index (χ1) is 8.99. The zero-order valence-corrected chi connectivity index (χ0v) is 11.8. The molecule has 2 N–H and O–H groups in total. The second-order valence-electron chi connectivity index (χ2n) is 6.02. The van der Waals surface area contributed by atoms with Crippen LogP contribution in [0.4, 0.5) is 0 Å². The zero-order chi connectivity index (χ0) is 13.9. The molecule has 0 bridgehead atoms. The van der Waals surface area contributed by atoms with Gasteiger partial charge in [0.1, 0.15) is 0 Å². The topological polar surface area (TPSA) is 59.2 Å². The Kier molecular flexibility index (Phi) is 4.20. The molecule has 2 heterocycles. The van der Waals surface area contributed by atoms with E-state index in [2.05, 4.69) is 18.8 Å². The van der Waals surface area contributed by atoms with Gasteiger partial charge in [0, 0.05) is 37.4 Å². The van der Waals surface area contributed by atoms with Crippen LogP contribution < -0.4 is 5.73 Å². The summed E-state index contributed by atoms with van der Waals surface area (Å²) in [6.45, 7) is 5.81. The molecule has 0 radical (unpaired) electrons. The third-order valence-corrected chi connectivity index (χ3v) is 3.99. The summed E-state index contributed by atoms with van der Waals surface area (Å²) in [7, 11) is 0. The number of carbonyl (C=O) groups is 1. The molecule has 0 saturated carbocycles. The van der Waals surface area contributed by atoms with Crippen molar-refractivity contribution in [2.24, 2.45) is 11.1 Å². The molecule has 1 atom stereocenters. The summed E-state index contributed by atoms with van der Waals surface area (Å²) < 4.78 is 0. The molecule has 1 aliphatic rings. The SMILES string of the molecule is CC1(C)CN(C(=O)CCc2ccccn2)CCC1N. The van der Waals surface area contributed by atoms with Crippen LogP contribution in [0, 0.1) is 5.41 Å². The van der Waals surface area contributed by atoms with Gasteiger partial charge >= 0.3 is 0 Å². The highest BCUT2D eigenvalue weighted by Gasteiger charge is 2.34. The maximum Gasteiger partial charge on any atom is 0.222 e. The van der Waals surface area contributed by atoms with Crippen LogP contribution in [0.15, 0.2) is 24.4 Å². The maximum atomic E-state index is 12.2. The number of aromatic nitrogens is 1. The van der Waals surface area contributed by atoms with E-state index in [9.17, 15) is 4.79 Å². The van der Waals surface area contributed by atoms with Gasteiger partial charge in [-0.3, -0.25) is 9.78 Å². The third kappa shape index (κ3) is 3.53. The molecule has 0 aliphatic carbocycles. The van der Waals surface area contributed by atoms with E-state index >= 15 is 0 Å². The molecule has 1 amide bonds. The lowest BCUT2D eigenvalue weighted by Crippen LogP contribution is -2.54. The van der Waals surface area contributed by atoms with Crippen molar-refractivity contribution >= 4 is 5.91 Å². The Morgan fingerprint density at radius 1 is 1.53 bits per heavy atom. The number of amides is 1. The van der Waals surface area contributed by atoms with Gasteiger partial charge in [-0.2, -0.15) is 0 Å². The Balaban J connectivity index is 1.87. The van der Waals surface area contributed by atoms with Crippen molar-refractivity contribution in [3.05, 3.63) is 30.1 Å². The van der Waals surface area contributed by atoms with Gasteiger partial charge in [0.2, 0.25) is 5.91 Å². The van der Waals surface area contributed by atoms with Crippen molar-refractivity contribution in [2.75, 3.05) is 13.1 Å². The van der Waals surface area contributed by atoms with Crippen molar-refractivity contribution in [2.45, 2.75) is 39.2 Å². The van der Waals surface area contributed by atoms with Crippen LogP contribution in [0.3, 0.4) is 0 Å². The number of piperidine rings is 1. The minimum absolute atomic E-state index is 0.0128. The monoisotopic (exact) mass is 261 g/mol. The van der Waals surface area contributed by atoms with E-state index in [1.165, 1.54) is 0 Å². The zero-order valence-electron chi connectivity index (χ0n) is 11.8. The highest BCUT2D eigenvalue weighted by atomic mass is 16.2. The number of hydrogen-bond acceptors (Lipinski definition) is 3. The minimum Gasteiger partial charge on any atom is -0.342 e. The molecule has 1 unspecified atom stereocenters. The molecule has 0 spiro atoms. The largest absolute Gasteiger partial charge is 0.342 e. The average molecular weight is 261 g/mol. The standard InChI is InChI=1S/C15H23N3O/c1-15(2)11-18(10-8-13(15)16)14(19)7-6-12-5-3-4-9-17-12/h3-5,9,13H,6-8,10-11,16H2,1-2H3. The Bertz CT molecular complexity index is 430. The fraction of sp³-hybridized carbons (Fsp3) is 0.600. The first-order valence-corrected chi connectivity index (χ1v) is 6.92. The molecule has 2 rings (SSSR count). The number of pyridine rings is 1. The van der Waals surface area contributed by atoms with E-state index in [0.717, 1.165) is 25.2 Å². The van der Waals surface area contributed by atoms with Crippen molar-refractivity contribution in [1.82, 2.24) is 9.88 Å². The summed E-state index contributed by atoms with van der Waals surface area (Å²) in [6, 6.07) is 5.99. The predicted molar refractivity (Wildman–Crippen MR) is 75.5 cm³/mol. The number of rotatable bonds is 3. The molecule has 1 saturated heterocycles.